The summed E-state index contributed by atoms with van der Waals surface area (Å²) in [6, 6.07) is 4.22. The van der Waals surface area contributed by atoms with E-state index in [-0.39, 0.29) is 16.7 Å². The molecular weight excluding hydrogens is 246 g/mol. The minimum absolute atomic E-state index is 0.0181. The van der Waals surface area contributed by atoms with Gasteiger partial charge in [-0.15, -0.1) is 0 Å². The zero-order valence-corrected chi connectivity index (χ0v) is 9.56. The van der Waals surface area contributed by atoms with Crippen molar-refractivity contribution in [2.45, 2.75) is 0 Å². The summed E-state index contributed by atoms with van der Waals surface area (Å²) in [5.74, 6) is -0.0780. The van der Waals surface area contributed by atoms with Gasteiger partial charge in [0, 0.05) is 11.6 Å². The van der Waals surface area contributed by atoms with Gasteiger partial charge in [-0.1, -0.05) is 12.2 Å². The van der Waals surface area contributed by atoms with Gasteiger partial charge in [0.1, 0.15) is 16.5 Å². The second-order valence-electron chi connectivity index (χ2n) is 3.10. The fourth-order valence-corrected chi connectivity index (χ4v) is 2.24. The molecule has 1 heterocycles. The van der Waals surface area contributed by atoms with Crippen LogP contribution in [0.1, 0.15) is 5.56 Å². The normalized spacial score (nSPS) is 17.9. The highest BCUT2D eigenvalue weighted by molar-refractivity contribution is 8.19. The Morgan fingerprint density at radius 3 is 2.69 bits per heavy atom. The maximum absolute atomic E-state index is 11.0. The predicted octanol–water partition coefficient (Wildman–Crippen LogP) is 2.22. The van der Waals surface area contributed by atoms with Crippen LogP contribution in [0.3, 0.4) is 0 Å². The standard InChI is InChI=1S/C10H7NO3S2/c12-6-2-1-5(7(13)4-6)3-8-9(15)11-10(14)16-8/h1-4,12-13H,(H,11,14,15)/b8-3+. The number of nitrogens with one attached hydrogen (secondary N) is 1. The molecule has 6 heteroatoms. The van der Waals surface area contributed by atoms with Crippen LogP contribution < -0.4 is 5.32 Å². The van der Waals surface area contributed by atoms with Crippen molar-refractivity contribution < 1.29 is 15.0 Å². The molecule has 0 saturated carbocycles. The molecule has 1 aliphatic heterocycles. The molecule has 0 unspecified atom stereocenters. The van der Waals surface area contributed by atoms with Crippen LogP contribution in [0, 0.1) is 0 Å². The summed E-state index contributed by atoms with van der Waals surface area (Å²) in [4.78, 5) is 11.9. The lowest BCUT2D eigenvalue weighted by molar-refractivity contribution is 0.265. The molecule has 1 fully saturated rings. The van der Waals surface area contributed by atoms with Gasteiger partial charge in [0.05, 0.1) is 4.91 Å². The van der Waals surface area contributed by atoms with Crippen molar-refractivity contribution in [3.63, 3.8) is 0 Å². The van der Waals surface area contributed by atoms with Gasteiger partial charge in [0.15, 0.2) is 0 Å². The van der Waals surface area contributed by atoms with Gasteiger partial charge < -0.3 is 15.5 Å². The second kappa shape index (κ2) is 4.15. The average molecular weight is 253 g/mol. The van der Waals surface area contributed by atoms with Crippen LogP contribution in [0.25, 0.3) is 6.08 Å². The van der Waals surface area contributed by atoms with Crippen LogP contribution in [0.15, 0.2) is 23.1 Å². The molecule has 0 aromatic heterocycles. The molecule has 0 atom stereocenters. The molecular formula is C10H7NO3S2. The summed E-state index contributed by atoms with van der Waals surface area (Å²) in [7, 11) is 0. The number of hydrogen-bond donors (Lipinski definition) is 3. The van der Waals surface area contributed by atoms with E-state index < -0.39 is 0 Å². The van der Waals surface area contributed by atoms with E-state index in [4.69, 9.17) is 17.3 Å². The van der Waals surface area contributed by atoms with Gasteiger partial charge >= 0.3 is 0 Å². The fraction of sp³-hybridized carbons (Fsp3) is 0. The molecule has 0 radical (unpaired) electrons. The van der Waals surface area contributed by atoms with Crippen molar-refractivity contribution in [1.29, 1.82) is 0 Å². The largest absolute Gasteiger partial charge is 0.508 e. The number of thiocarbonyl (C=S) groups is 1. The molecule has 0 bridgehead atoms. The van der Waals surface area contributed by atoms with Gasteiger partial charge in [-0.3, -0.25) is 4.79 Å². The fourth-order valence-electron chi connectivity index (χ4n) is 1.22. The Hall–Kier alpha value is -1.53. The third-order valence-corrected chi connectivity index (χ3v) is 3.22. The molecule has 0 spiro atoms. The number of aromatic hydroxyl groups is 2. The van der Waals surface area contributed by atoms with E-state index in [0.29, 0.717) is 15.5 Å². The second-order valence-corrected chi connectivity index (χ2v) is 4.52. The lowest BCUT2D eigenvalue weighted by Crippen LogP contribution is -2.15. The maximum atomic E-state index is 11.0. The van der Waals surface area contributed by atoms with Crippen molar-refractivity contribution in [2.75, 3.05) is 0 Å². The highest BCUT2D eigenvalue weighted by atomic mass is 32.2. The van der Waals surface area contributed by atoms with Crippen molar-refractivity contribution >= 4 is 40.3 Å². The van der Waals surface area contributed by atoms with Crippen LogP contribution in [-0.4, -0.2) is 20.4 Å². The summed E-state index contributed by atoms with van der Waals surface area (Å²) in [6.07, 6.45) is 1.60. The van der Waals surface area contributed by atoms with E-state index in [2.05, 4.69) is 5.32 Å². The Morgan fingerprint density at radius 1 is 1.38 bits per heavy atom. The van der Waals surface area contributed by atoms with E-state index in [9.17, 15) is 9.90 Å². The minimum Gasteiger partial charge on any atom is -0.508 e. The van der Waals surface area contributed by atoms with Gasteiger partial charge in [0.25, 0.3) is 5.24 Å². The molecule has 1 amide bonds. The number of carbonyl (C=O) groups excluding carboxylic acids is 1. The molecule has 2 rings (SSSR count). The van der Waals surface area contributed by atoms with Gasteiger partial charge in [-0.25, -0.2) is 0 Å². The third-order valence-electron chi connectivity index (χ3n) is 1.94. The lowest BCUT2D eigenvalue weighted by Gasteiger charge is -2.00. The zero-order valence-electron chi connectivity index (χ0n) is 7.93. The van der Waals surface area contributed by atoms with Gasteiger partial charge in [-0.05, 0) is 30.0 Å². The monoisotopic (exact) mass is 253 g/mol. The Balaban J connectivity index is 2.36. The lowest BCUT2D eigenvalue weighted by atomic mass is 10.2. The van der Waals surface area contributed by atoms with Crippen molar-refractivity contribution in [1.82, 2.24) is 5.32 Å². The van der Waals surface area contributed by atoms with Gasteiger partial charge in [-0.2, -0.15) is 0 Å². The van der Waals surface area contributed by atoms with E-state index in [0.717, 1.165) is 11.8 Å². The van der Waals surface area contributed by atoms with E-state index in [1.165, 1.54) is 12.1 Å². The minimum atomic E-state index is -0.227. The maximum Gasteiger partial charge on any atom is 0.289 e. The smallest absolute Gasteiger partial charge is 0.289 e. The number of phenolic OH excluding ortho intramolecular Hbond substituents is 2. The molecule has 3 N–H and O–H groups in total. The average Bonchev–Trinajstić information content (AvgIpc) is 2.50. The SMILES string of the molecule is O=C1NC(=S)/C(=C\c2ccc(O)cc2O)S1. The third kappa shape index (κ3) is 2.17. The van der Waals surface area contributed by atoms with Crippen LogP contribution in [0.5, 0.6) is 11.5 Å². The Morgan fingerprint density at radius 2 is 2.12 bits per heavy atom. The van der Waals surface area contributed by atoms with Crippen molar-refractivity contribution in [3.05, 3.63) is 28.7 Å². The van der Waals surface area contributed by atoms with Gasteiger partial charge in [0.2, 0.25) is 0 Å². The summed E-state index contributed by atoms with van der Waals surface area (Å²) in [6.45, 7) is 0. The topological polar surface area (TPSA) is 69.6 Å². The quantitative estimate of drug-likeness (QED) is 0.529. The molecule has 1 saturated heterocycles. The Bertz CT molecular complexity index is 511. The first kappa shape index (κ1) is 11.0. The Labute approximate surface area is 101 Å². The van der Waals surface area contributed by atoms with E-state index >= 15 is 0 Å². The molecule has 82 valence electrons. The van der Waals surface area contributed by atoms with Crippen LogP contribution in [0.4, 0.5) is 4.79 Å². The molecule has 1 aromatic carbocycles. The van der Waals surface area contributed by atoms with Crippen molar-refractivity contribution in [3.8, 4) is 11.5 Å². The number of amides is 1. The molecule has 1 aliphatic rings. The highest BCUT2D eigenvalue weighted by Crippen LogP contribution is 2.30. The van der Waals surface area contributed by atoms with Crippen molar-refractivity contribution in [2.24, 2.45) is 0 Å². The Kier molecular flexibility index (Phi) is 2.84. The molecule has 1 aromatic rings. The number of phenols is 2. The number of carbonyl (C=O) groups is 1. The molecule has 0 aliphatic carbocycles. The first-order chi connectivity index (χ1) is 7.56. The first-order valence-electron chi connectivity index (χ1n) is 4.33. The van der Waals surface area contributed by atoms with Crippen LogP contribution in [0.2, 0.25) is 0 Å². The predicted molar refractivity (Wildman–Crippen MR) is 66.5 cm³/mol. The summed E-state index contributed by atoms with van der Waals surface area (Å²) >= 11 is 5.91. The van der Waals surface area contributed by atoms with Crippen LogP contribution >= 0.6 is 24.0 Å². The molecule has 16 heavy (non-hydrogen) atoms. The first-order valence-corrected chi connectivity index (χ1v) is 5.55. The summed E-state index contributed by atoms with van der Waals surface area (Å²) < 4.78 is 0. The zero-order chi connectivity index (χ0) is 11.7. The number of hydrogen-bond acceptors (Lipinski definition) is 5. The number of benzene rings is 1. The summed E-state index contributed by atoms with van der Waals surface area (Å²) in [5.41, 5.74) is 0.499. The van der Waals surface area contributed by atoms with E-state index in [1.54, 1.807) is 12.1 Å². The highest BCUT2D eigenvalue weighted by Gasteiger charge is 2.21. The number of rotatable bonds is 1. The molecule has 4 nitrogen and oxygen atoms in total. The summed E-state index contributed by atoms with van der Waals surface area (Å²) in [5, 5.41) is 20.9. The number of thioether (sulfide) groups is 1. The van der Waals surface area contributed by atoms with Crippen LogP contribution in [-0.2, 0) is 0 Å². The van der Waals surface area contributed by atoms with E-state index in [1.807, 2.05) is 0 Å².